The Morgan fingerprint density at radius 1 is 1.33 bits per heavy atom. The van der Waals surface area contributed by atoms with E-state index in [0.717, 1.165) is 0 Å². The van der Waals surface area contributed by atoms with Crippen LogP contribution in [-0.2, 0) is 22.5 Å². The van der Waals surface area contributed by atoms with Crippen molar-refractivity contribution in [1.29, 1.82) is 0 Å². The summed E-state index contributed by atoms with van der Waals surface area (Å²) in [6.45, 7) is 2.99. The van der Waals surface area contributed by atoms with Crippen LogP contribution in [0.4, 0.5) is 5.25 Å². The monoisotopic (exact) mass is 170 g/mol. The van der Waals surface area contributed by atoms with Crippen molar-refractivity contribution in [1.82, 2.24) is 0 Å². The van der Waals surface area contributed by atoms with Crippen LogP contribution in [0.3, 0.4) is 0 Å². The van der Waals surface area contributed by atoms with Gasteiger partial charge in [0.05, 0.1) is 0 Å². The van der Waals surface area contributed by atoms with Gasteiger partial charge in [0.15, 0.2) is 0 Å². The molecule has 0 aromatic rings. The normalized spacial score (nSPS) is 8.00. The summed E-state index contributed by atoms with van der Waals surface area (Å²) >= 11 is -3.78. The molecule has 0 spiro atoms. The zero-order chi connectivity index (χ0) is 5.15. The van der Waals surface area contributed by atoms with Gasteiger partial charge in [0, 0.05) is 0 Å². The molecule has 0 aromatic heterocycles. The fourth-order valence-electron chi connectivity index (χ4n) is 0. The first-order valence-corrected chi connectivity index (χ1v) is 4.72. The van der Waals surface area contributed by atoms with Gasteiger partial charge in [-0.15, -0.1) is 0 Å². The summed E-state index contributed by atoms with van der Waals surface area (Å²) in [5.74, 6) is 0. The van der Waals surface area contributed by atoms with E-state index in [-0.39, 0.29) is 0 Å². The molecule has 0 heterocycles. The quantitative estimate of drug-likeness (QED) is 0.519. The Morgan fingerprint density at radius 2 is 1.50 bits per heavy atom. The molecule has 0 aliphatic heterocycles. The van der Waals surface area contributed by atoms with E-state index in [2.05, 4.69) is 0 Å². The van der Waals surface area contributed by atoms with E-state index in [4.69, 9.17) is 0 Å². The van der Waals surface area contributed by atoms with Crippen LogP contribution in [-0.4, -0.2) is 3.21 Å². The molecule has 3 heteroatoms. The standard InChI is InChI=1S/C3H6.2FH.Zr/c1-3-2;;;/h1-2H3;2*1H;/q;;;+2/p-2. The van der Waals surface area contributed by atoms with Gasteiger partial charge < -0.3 is 0 Å². The Hall–Kier alpha value is 0.613. The van der Waals surface area contributed by atoms with Crippen LogP contribution in [0, 0.1) is 0 Å². The minimum atomic E-state index is -3.78. The van der Waals surface area contributed by atoms with Crippen LogP contribution in [0.2, 0.25) is 0 Å². The molecule has 0 unspecified atom stereocenters. The Morgan fingerprint density at radius 3 is 1.50 bits per heavy atom. The second-order valence-corrected chi connectivity index (χ2v) is 5.00. The van der Waals surface area contributed by atoms with Crippen molar-refractivity contribution in [3.05, 3.63) is 0 Å². The average molecular weight is 171 g/mol. The van der Waals surface area contributed by atoms with Gasteiger partial charge >= 0.3 is 44.8 Å². The van der Waals surface area contributed by atoms with E-state index >= 15 is 0 Å². The Balaban J connectivity index is 3.68. The zero-order valence-corrected chi connectivity index (χ0v) is 6.21. The molecule has 0 atom stereocenters. The van der Waals surface area contributed by atoms with Crippen molar-refractivity contribution in [3.8, 4) is 0 Å². The van der Waals surface area contributed by atoms with Crippen molar-refractivity contribution in [3.63, 3.8) is 0 Å². The predicted octanol–water partition coefficient (Wildman–Crippen LogP) is 1.59. The first kappa shape index (κ1) is 6.61. The van der Waals surface area contributed by atoms with Crippen molar-refractivity contribution in [2.45, 2.75) is 13.8 Å². The van der Waals surface area contributed by atoms with Gasteiger partial charge in [0.2, 0.25) is 0 Å². The first-order chi connectivity index (χ1) is 2.64. The van der Waals surface area contributed by atoms with Crippen molar-refractivity contribution >= 4 is 3.21 Å². The summed E-state index contributed by atoms with van der Waals surface area (Å²) in [5.41, 5.74) is 0. The van der Waals surface area contributed by atoms with Crippen LogP contribution >= 0.6 is 0 Å². The molecule has 6 heavy (non-hydrogen) atoms. The van der Waals surface area contributed by atoms with E-state index in [1.165, 1.54) is 13.8 Å². The third-order valence-electron chi connectivity index (χ3n) is 0.378. The van der Waals surface area contributed by atoms with E-state index in [1.54, 1.807) is 0 Å². The third-order valence-corrected chi connectivity index (χ3v) is 2.24. The summed E-state index contributed by atoms with van der Waals surface area (Å²) in [6, 6.07) is 0. The molecule has 0 saturated heterocycles. The molecule has 0 rings (SSSR count). The molecular formula is C3H6F2Zr. The number of rotatable bonds is 0. The molecule has 0 aliphatic carbocycles. The van der Waals surface area contributed by atoms with Crippen LogP contribution in [0.25, 0.3) is 0 Å². The van der Waals surface area contributed by atoms with Crippen LogP contribution < -0.4 is 0 Å². The Kier molecular flexibility index (Phi) is 3.01. The Labute approximate surface area is 45.1 Å². The third kappa shape index (κ3) is 2.83. The van der Waals surface area contributed by atoms with Crippen molar-refractivity contribution in [2.75, 3.05) is 0 Å². The number of hydrogen-bond acceptors (Lipinski definition) is 0. The van der Waals surface area contributed by atoms with Crippen LogP contribution in [0.15, 0.2) is 0 Å². The average Bonchev–Trinajstić information content (AvgIpc) is 1.36. The molecule has 36 valence electrons. The molecular weight excluding hydrogens is 165 g/mol. The van der Waals surface area contributed by atoms with E-state index in [1.807, 2.05) is 0 Å². The van der Waals surface area contributed by atoms with Gasteiger partial charge in [-0.2, -0.15) is 0 Å². The minimum absolute atomic E-state index is 0.373. The fourth-order valence-corrected chi connectivity index (χ4v) is 0. The van der Waals surface area contributed by atoms with Gasteiger partial charge in [-0.05, 0) is 0 Å². The summed E-state index contributed by atoms with van der Waals surface area (Å²) in [6.07, 6.45) is 0. The van der Waals surface area contributed by atoms with Crippen LogP contribution in [0.5, 0.6) is 0 Å². The van der Waals surface area contributed by atoms with Crippen LogP contribution in [0.1, 0.15) is 13.8 Å². The number of hydrogen-bond donors (Lipinski definition) is 0. The summed E-state index contributed by atoms with van der Waals surface area (Å²) in [5, 5.41) is 0. The molecule has 0 bridgehead atoms. The zero-order valence-electron chi connectivity index (χ0n) is 3.76. The molecule has 0 aliphatic rings. The van der Waals surface area contributed by atoms with Gasteiger partial charge in [-0.3, -0.25) is 0 Å². The maximum atomic E-state index is 11.3. The summed E-state index contributed by atoms with van der Waals surface area (Å²) in [7, 11) is 0. The molecule has 0 nitrogen and oxygen atoms in total. The summed E-state index contributed by atoms with van der Waals surface area (Å²) in [4.78, 5) is 0. The Bertz CT molecular complexity index is 58.9. The molecule has 0 fully saturated rings. The first-order valence-electron chi connectivity index (χ1n) is 1.63. The second-order valence-electron chi connectivity index (χ2n) is 1.26. The predicted molar refractivity (Wildman–Crippen MR) is 18.6 cm³/mol. The van der Waals surface area contributed by atoms with Gasteiger partial charge in [0.1, 0.15) is 0 Å². The van der Waals surface area contributed by atoms with Gasteiger partial charge in [0.25, 0.3) is 0 Å². The number of halogens is 2. The molecule has 0 amide bonds. The van der Waals surface area contributed by atoms with Gasteiger partial charge in [-0.1, -0.05) is 0 Å². The van der Waals surface area contributed by atoms with E-state index in [9.17, 15) is 5.25 Å². The van der Waals surface area contributed by atoms with Gasteiger partial charge in [-0.25, -0.2) is 0 Å². The van der Waals surface area contributed by atoms with Crippen molar-refractivity contribution < 1.29 is 27.7 Å². The maximum absolute atomic E-state index is 11.3. The van der Waals surface area contributed by atoms with E-state index in [0.29, 0.717) is 3.21 Å². The fraction of sp³-hybridized carbons (Fsp3) is 0.667. The molecule has 0 N–H and O–H groups in total. The summed E-state index contributed by atoms with van der Waals surface area (Å²) < 4.78 is 23.0. The second kappa shape index (κ2) is 2.73. The van der Waals surface area contributed by atoms with E-state index < -0.39 is 22.5 Å². The SMILES string of the molecule is C[C](C)=[Zr]([F])[F]. The topological polar surface area (TPSA) is 0 Å². The molecule has 0 radical (unpaired) electrons. The van der Waals surface area contributed by atoms with Crippen molar-refractivity contribution in [2.24, 2.45) is 0 Å². The molecule has 0 saturated carbocycles. The molecule has 0 aromatic carbocycles.